The second-order valence-corrected chi connectivity index (χ2v) is 7.91. The van der Waals surface area contributed by atoms with E-state index < -0.39 is 0 Å². The van der Waals surface area contributed by atoms with Crippen molar-refractivity contribution in [1.82, 2.24) is 10.6 Å². The molecule has 0 aliphatic carbocycles. The number of methoxy groups -OCH3 is 3. The van der Waals surface area contributed by atoms with E-state index in [2.05, 4.69) is 16.0 Å². The van der Waals surface area contributed by atoms with Gasteiger partial charge in [0.25, 0.3) is 5.91 Å². The quantitative estimate of drug-likeness (QED) is 0.322. The van der Waals surface area contributed by atoms with Crippen LogP contribution in [0.5, 0.6) is 17.2 Å². The van der Waals surface area contributed by atoms with Crippen LogP contribution in [-0.2, 0) is 14.3 Å². The van der Waals surface area contributed by atoms with Crippen LogP contribution in [0.25, 0.3) is 6.08 Å². The molecule has 1 saturated heterocycles. The number of nitrogens with one attached hydrogen (secondary N) is 3. The molecule has 0 bridgehead atoms. The second-order valence-electron chi connectivity index (χ2n) is 7.91. The highest BCUT2D eigenvalue weighted by molar-refractivity contribution is 6.02. The minimum absolute atomic E-state index is 0.152. The maximum Gasteiger partial charge on any atom is 0.251 e. The fraction of sp³-hybridized carbons (Fsp3) is 0.346. The molecule has 0 aromatic heterocycles. The van der Waals surface area contributed by atoms with Crippen molar-refractivity contribution in [2.75, 3.05) is 46.3 Å². The number of rotatable bonds is 11. The van der Waals surface area contributed by atoms with Crippen molar-refractivity contribution in [3.63, 3.8) is 0 Å². The van der Waals surface area contributed by atoms with Gasteiger partial charge < -0.3 is 34.9 Å². The van der Waals surface area contributed by atoms with Gasteiger partial charge in [-0.25, -0.2) is 0 Å². The summed E-state index contributed by atoms with van der Waals surface area (Å²) < 4.78 is 21.3. The predicted octanol–water partition coefficient (Wildman–Crippen LogP) is 2.39. The Balaban J connectivity index is 1.48. The largest absolute Gasteiger partial charge is 0.493 e. The summed E-state index contributed by atoms with van der Waals surface area (Å²) >= 11 is 0. The highest BCUT2D eigenvalue weighted by Crippen LogP contribution is 2.38. The number of amides is 3. The summed E-state index contributed by atoms with van der Waals surface area (Å²) in [5, 5.41) is 8.25. The summed E-state index contributed by atoms with van der Waals surface area (Å²) in [7, 11) is 4.56. The first-order chi connectivity index (χ1) is 17.4. The summed E-state index contributed by atoms with van der Waals surface area (Å²) in [6.45, 7) is 1.22. The van der Waals surface area contributed by atoms with Crippen molar-refractivity contribution < 1.29 is 33.3 Å². The van der Waals surface area contributed by atoms with Crippen molar-refractivity contribution in [3.8, 4) is 17.2 Å². The molecule has 1 heterocycles. The van der Waals surface area contributed by atoms with Crippen LogP contribution in [0.2, 0.25) is 0 Å². The van der Waals surface area contributed by atoms with Crippen LogP contribution in [0.1, 0.15) is 28.8 Å². The van der Waals surface area contributed by atoms with Crippen molar-refractivity contribution >= 4 is 29.5 Å². The highest BCUT2D eigenvalue weighted by atomic mass is 16.5. The van der Waals surface area contributed by atoms with Crippen LogP contribution in [0.4, 0.5) is 5.69 Å². The summed E-state index contributed by atoms with van der Waals surface area (Å²) in [5.74, 6) is 0.659. The average Bonchev–Trinajstić information content (AvgIpc) is 3.44. The minimum atomic E-state index is -0.389. The Morgan fingerprint density at radius 3 is 2.22 bits per heavy atom. The van der Waals surface area contributed by atoms with Crippen LogP contribution in [-0.4, -0.2) is 64.9 Å². The Kier molecular flexibility index (Phi) is 9.70. The van der Waals surface area contributed by atoms with Crippen molar-refractivity contribution in [2.24, 2.45) is 0 Å². The third kappa shape index (κ3) is 7.22. The van der Waals surface area contributed by atoms with E-state index in [4.69, 9.17) is 18.9 Å². The molecule has 192 valence electrons. The first-order valence-electron chi connectivity index (χ1n) is 11.5. The van der Waals surface area contributed by atoms with Gasteiger partial charge in [0.05, 0.1) is 21.3 Å². The fourth-order valence-electron chi connectivity index (χ4n) is 3.62. The fourth-order valence-corrected chi connectivity index (χ4v) is 3.62. The summed E-state index contributed by atoms with van der Waals surface area (Å²) in [6.07, 6.45) is 4.22. The van der Waals surface area contributed by atoms with Gasteiger partial charge >= 0.3 is 0 Å². The summed E-state index contributed by atoms with van der Waals surface area (Å²) in [4.78, 5) is 36.6. The number of hydrogen-bond donors (Lipinski definition) is 3. The van der Waals surface area contributed by atoms with Crippen LogP contribution >= 0.6 is 0 Å². The van der Waals surface area contributed by atoms with Crippen LogP contribution in [0.15, 0.2) is 42.5 Å². The molecule has 2 aromatic carbocycles. The Hall–Kier alpha value is -4.05. The van der Waals surface area contributed by atoms with Gasteiger partial charge in [-0.3, -0.25) is 14.4 Å². The Morgan fingerprint density at radius 1 is 0.972 bits per heavy atom. The van der Waals surface area contributed by atoms with Gasteiger partial charge in [-0.05, 0) is 60.9 Å². The molecule has 0 radical (unpaired) electrons. The molecule has 2 aromatic rings. The third-order valence-corrected chi connectivity index (χ3v) is 5.46. The van der Waals surface area contributed by atoms with E-state index >= 15 is 0 Å². The van der Waals surface area contributed by atoms with E-state index in [-0.39, 0.29) is 23.8 Å². The van der Waals surface area contributed by atoms with Gasteiger partial charge in [0.1, 0.15) is 6.10 Å². The molecule has 1 atom stereocenters. The molecule has 10 heteroatoms. The Bertz CT molecular complexity index is 1070. The van der Waals surface area contributed by atoms with E-state index in [9.17, 15) is 14.4 Å². The topological polar surface area (TPSA) is 124 Å². The van der Waals surface area contributed by atoms with Gasteiger partial charge in [0.2, 0.25) is 17.6 Å². The molecule has 3 rings (SSSR count). The predicted molar refractivity (Wildman–Crippen MR) is 135 cm³/mol. The van der Waals surface area contributed by atoms with E-state index in [0.717, 1.165) is 12.8 Å². The van der Waals surface area contributed by atoms with E-state index in [0.29, 0.717) is 53.8 Å². The Morgan fingerprint density at radius 2 is 1.64 bits per heavy atom. The minimum Gasteiger partial charge on any atom is -0.493 e. The lowest BCUT2D eigenvalue weighted by atomic mass is 10.1. The van der Waals surface area contributed by atoms with Crippen molar-refractivity contribution in [1.29, 1.82) is 0 Å². The van der Waals surface area contributed by atoms with Crippen molar-refractivity contribution in [3.05, 3.63) is 53.6 Å². The first kappa shape index (κ1) is 26.6. The molecule has 1 unspecified atom stereocenters. The lowest BCUT2D eigenvalue weighted by molar-refractivity contribution is -0.130. The van der Waals surface area contributed by atoms with Gasteiger partial charge in [0, 0.05) is 37.0 Å². The lowest BCUT2D eigenvalue weighted by Crippen LogP contribution is -2.39. The van der Waals surface area contributed by atoms with Crippen LogP contribution in [0, 0.1) is 0 Å². The first-order valence-corrected chi connectivity index (χ1v) is 11.5. The maximum absolute atomic E-state index is 12.4. The summed E-state index contributed by atoms with van der Waals surface area (Å²) in [5.41, 5.74) is 1.67. The number of ether oxygens (including phenoxy) is 4. The zero-order valence-electron chi connectivity index (χ0n) is 20.6. The molecule has 10 nitrogen and oxygen atoms in total. The Labute approximate surface area is 209 Å². The zero-order chi connectivity index (χ0) is 25.9. The maximum atomic E-state index is 12.4. The normalized spacial score (nSPS) is 14.8. The monoisotopic (exact) mass is 497 g/mol. The SMILES string of the molecule is COc1cc(/C=C/C(=O)Nc2ccc(C(=O)NCCNC(=O)C3CCCO3)cc2)cc(OC)c1OC. The zero-order valence-corrected chi connectivity index (χ0v) is 20.6. The number of hydrogen-bond acceptors (Lipinski definition) is 7. The molecule has 1 fully saturated rings. The number of benzene rings is 2. The van der Waals surface area contributed by atoms with Gasteiger partial charge in [-0.15, -0.1) is 0 Å². The molecule has 0 saturated carbocycles. The summed E-state index contributed by atoms with van der Waals surface area (Å²) in [6, 6.07) is 9.95. The highest BCUT2D eigenvalue weighted by Gasteiger charge is 2.22. The molecule has 3 amide bonds. The molecule has 3 N–H and O–H groups in total. The molecule has 1 aliphatic rings. The second kappa shape index (κ2) is 13.1. The molecular weight excluding hydrogens is 466 g/mol. The third-order valence-electron chi connectivity index (χ3n) is 5.46. The van der Waals surface area contributed by atoms with Crippen LogP contribution < -0.4 is 30.2 Å². The smallest absolute Gasteiger partial charge is 0.251 e. The van der Waals surface area contributed by atoms with Gasteiger partial charge in [0.15, 0.2) is 11.5 Å². The van der Waals surface area contributed by atoms with Crippen molar-refractivity contribution in [2.45, 2.75) is 18.9 Å². The average molecular weight is 498 g/mol. The van der Waals surface area contributed by atoms with Crippen LogP contribution in [0.3, 0.4) is 0 Å². The van der Waals surface area contributed by atoms with E-state index in [1.54, 1.807) is 42.5 Å². The van der Waals surface area contributed by atoms with Gasteiger partial charge in [-0.1, -0.05) is 0 Å². The lowest BCUT2D eigenvalue weighted by Gasteiger charge is -2.12. The standard InChI is InChI=1S/C26H31N3O7/c1-33-21-15-17(16-22(34-2)24(21)35-3)6-11-23(30)29-19-9-7-18(8-10-19)25(31)27-12-13-28-26(32)20-5-4-14-36-20/h6-11,15-16,20H,4-5,12-14H2,1-3H3,(H,27,31)(H,28,32)(H,29,30)/b11-6+. The molecular formula is C26H31N3O7. The molecule has 36 heavy (non-hydrogen) atoms. The van der Waals surface area contributed by atoms with E-state index in [1.807, 2.05) is 0 Å². The number of carbonyl (C=O) groups is 3. The van der Waals surface area contributed by atoms with Gasteiger partial charge in [-0.2, -0.15) is 0 Å². The molecule has 1 aliphatic heterocycles. The molecule has 0 spiro atoms. The van der Waals surface area contributed by atoms with E-state index in [1.165, 1.54) is 27.4 Å². The number of anilines is 1. The number of carbonyl (C=O) groups excluding carboxylic acids is 3.